The normalized spacial score (nSPS) is 10.8. The summed E-state index contributed by atoms with van der Waals surface area (Å²) in [5.74, 6) is 2.18. The fourth-order valence-electron chi connectivity index (χ4n) is 4.09. The first-order valence-corrected chi connectivity index (χ1v) is 10.9. The van der Waals surface area contributed by atoms with Gasteiger partial charge in [-0.2, -0.15) is 18.2 Å². The van der Waals surface area contributed by atoms with Crippen LogP contribution in [0.4, 0.5) is 0 Å². The summed E-state index contributed by atoms with van der Waals surface area (Å²) >= 11 is 0. The van der Waals surface area contributed by atoms with E-state index in [1.54, 1.807) is 13.1 Å². The van der Waals surface area contributed by atoms with E-state index >= 15 is 0 Å². The average Bonchev–Trinajstić information content (AvgIpc) is 3.61. The van der Waals surface area contributed by atoms with E-state index < -0.39 is 0 Å². The maximum atomic E-state index is 4.54. The van der Waals surface area contributed by atoms with Gasteiger partial charge in [-0.05, 0) is 37.0 Å². The molecular formula is C27H19IrN7-2. The number of fused-ring (bicyclic) bond motifs is 4. The van der Waals surface area contributed by atoms with Crippen LogP contribution in [0.2, 0.25) is 0 Å². The molecule has 0 saturated heterocycles. The number of para-hydroxylation sites is 2. The largest absolute Gasteiger partial charge is 0.421 e. The Balaban J connectivity index is 0.000000167. The molecule has 8 heteroatoms. The third kappa shape index (κ3) is 4.14. The smallest absolute Gasteiger partial charge is 0.217 e. The standard InChI is InChI=1S/C19H12N3.C8H7N4.Ir/c1-2-8-15-14(6-1)7-5-11-16(15)22-18-10-4-3-9-17(18)21-13-12-20-19(21)22;1-6-10-8(12-11-6)7-4-2-3-5-9-7;/h1-10,12-13H;2-5H,1H3;/q2*-1;. The van der Waals surface area contributed by atoms with Gasteiger partial charge in [0.05, 0.1) is 16.7 Å². The van der Waals surface area contributed by atoms with Gasteiger partial charge in [0.25, 0.3) is 0 Å². The quantitative estimate of drug-likeness (QED) is 0.250. The summed E-state index contributed by atoms with van der Waals surface area (Å²) in [4.78, 5) is 12.7. The Morgan fingerprint density at radius 2 is 1.63 bits per heavy atom. The van der Waals surface area contributed by atoms with Gasteiger partial charge in [-0.25, -0.2) is 4.98 Å². The van der Waals surface area contributed by atoms with E-state index in [0.717, 1.165) is 28.2 Å². The van der Waals surface area contributed by atoms with Crippen molar-refractivity contribution in [3.63, 3.8) is 0 Å². The van der Waals surface area contributed by atoms with Gasteiger partial charge in [0.2, 0.25) is 5.78 Å². The molecule has 0 amide bonds. The second-order valence-corrected chi connectivity index (χ2v) is 7.73. The van der Waals surface area contributed by atoms with Gasteiger partial charge in [0, 0.05) is 44.5 Å². The van der Waals surface area contributed by atoms with Crippen LogP contribution in [0, 0.1) is 13.0 Å². The maximum absolute atomic E-state index is 4.54. The van der Waals surface area contributed by atoms with Gasteiger partial charge in [-0.3, -0.25) is 14.5 Å². The van der Waals surface area contributed by atoms with Crippen LogP contribution in [-0.2, 0) is 20.1 Å². The van der Waals surface area contributed by atoms with Crippen LogP contribution in [0.1, 0.15) is 5.82 Å². The molecule has 4 heterocycles. The van der Waals surface area contributed by atoms with Gasteiger partial charge >= 0.3 is 0 Å². The zero-order valence-corrected chi connectivity index (χ0v) is 21.1. The molecular weight excluding hydrogens is 615 g/mol. The summed E-state index contributed by atoms with van der Waals surface area (Å²) < 4.78 is 4.29. The Morgan fingerprint density at radius 3 is 2.43 bits per heavy atom. The Hall–Kier alpha value is -4.13. The number of aromatic nitrogens is 7. The van der Waals surface area contributed by atoms with Gasteiger partial charge in [-0.1, -0.05) is 42.1 Å². The Bertz CT molecular complexity index is 1730. The zero-order chi connectivity index (χ0) is 22.9. The first kappa shape index (κ1) is 22.7. The minimum atomic E-state index is 0. The van der Waals surface area contributed by atoms with Crippen molar-refractivity contribution in [3.8, 4) is 17.2 Å². The van der Waals surface area contributed by atoms with E-state index in [1.807, 2.05) is 36.7 Å². The second-order valence-electron chi connectivity index (χ2n) is 7.73. The molecule has 7 aromatic rings. The SMILES string of the molecule is Cc1n[n-]c(-c2ccccn2)n1.[Ir].[c-]1ccc2ccccc2c1-n1c2ccccc2n2ccnc12. The van der Waals surface area contributed by atoms with Gasteiger partial charge in [0.1, 0.15) is 0 Å². The van der Waals surface area contributed by atoms with Crippen LogP contribution in [0.5, 0.6) is 0 Å². The van der Waals surface area contributed by atoms with Crippen LogP contribution in [0.15, 0.2) is 97.5 Å². The maximum Gasteiger partial charge on any atom is 0.217 e. The average molecular weight is 634 g/mol. The summed E-state index contributed by atoms with van der Waals surface area (Å²) in [5.41, 5.74) is 4.09. The van der Waals surface area contributed by atoms with Gasteiger partial charge in [0.15, 0.2) is 0 Å². The molecule has 0 N–H and O–H groups in total. The molecule has 7 nitrogen and oxygen atoms in total. The van der Waals surface area contributed by atoms with Crippen LogP contribution in [0.3, 0.4) is 0 Å². The van der Waals surface area contributed by atoms with E-state index in [0.29, 0.717) is 11.6 Å². The van der Waals surface area contributed by atoms with Crippen molar-refractivity contribution < 1.29 is 20.1 Å². The van der Waals surface area contributed by atoms with Crippen molar-refractivity contribution in [2.75, 3.05) is 0 Å². The minimum Gasteiger partial charge on any atom is -0.421 e. The zero-order valence-electron chi connectivity index (χ0n) is 18.7. The first-order valence-electron chi connectivity index (χ1n) is 10.9. The molecule has 3 aromatic carbocycles. The van der Waals surface area contributed by atoms with Crippen LogP contribution in [-0.4, -0.2) is 29.0 Å². The number of hydrogen-bond acceptors (Lipinski definition) is 4. The Morgan fingerprint density at radius 1 is 0.829 bits per heavy atom. The molecule has 0 atom stereocenters. The summed E-state index contributed by atoms with van der Waals surface area (Å²) in [6, 6.07) is 29.8. The van der Waals surface area contributed by atoms with E-state index in [4.69, 9.17) is 0 Å². The first-order chi connectivity index (χ1) is 16.8. The van der Waals surface area contributed by atoms with Crippen molar-refractivity contribution in [2.45, 2.75) is 6.92 Å². The number of aryl methyl sites for hydroxylation is 1. The monoisotopic (exact) mass is 634 g/mol. The third-order valence-corrected chi connectivity index (χ3v) is 5.58. The van der Waals surface area contributed by atoms with Crippen molar-refractivity contribution in [3.05, 3.63) is 109 Å². The molecule has 0 aliphatic heterocycles. The summed E-state index contributed by atoms with van der Waals surface area (Å²) in [6.07, 6.45) is 5.55. The van der Waals surface area contributed by atoms with E-state index in [9.17, 15) is 0 Å². The molecule has 7 rings (SSSR count). The van der Waals surface area contributed by atoms with E-state index in [1.165, 1.54) is 10.8 Å². The molecule has 0 aliphatic rings. The molecule has 1 radical (unpaired) electrons. The molecule has 0 fully saturated rings. The fraction of sp³-hybridized carbons (Fsp3) is 0.0370. The van der Waals surface area contributed by atoms with Crippen LogP contribution >= 0.6 is 0 Å². The number of imidazole rings is 2. The number of benzene rings is 3. The van der Waals surface area contributed by atoms with Gasteiger partial charge in [-0.15, -0.1) is 16.8 Å². The third-order valence-electron chi connectivity index (χ3n) is 5.58. The topological polar surface area (TPSA) is 75.0 Å². The van der Waals surface area contributed by atoms with Crippen LogP contribution in [0.25, 0.3) is 44.8 Å². The van der Waals surface area contributed by atoms with E-state index in [2.05, 4.69) is 94.8 Å². The van der Waals surface area contributed by atoms with Crippen molar-refractivity contribution >= 4 is 27.6 Å². The fourth-order valence-corrected chi connectivity index (χ4v) is 4.09. The molecule has 0 aliphatic carbocycles. The second kappa shape index (κ2) is 9.62. The molecule has 0 spiro atoms. The van der Waals surface area contributed by atoms with Crippen molar-refractivity contribution in [2.24, 2.45) is 0 Å². The Labute approximate surface area is 214 Å². The molecule has 0 unspecified atom stereocenters. The molecule has 0 bridgehead atoms. The summed E-state index contributed by atoms with van der Waals surface area (Å²) in [5, 5.41) is 10.0. The molecule has 35 heavy (non-hydrogen) atoms. The van der Waals surface area contributed by atoms with Crippen LogP contribution < -0.4 is 5.10 Å². The molecule has 0 saturated carbocycles. The van der Waals surface area contributed by atoms with Gasteiger partial charge < -0.3 is 14.6 Å². The van der Waals surface area contributed by atoms with Crippen molar-refractivity contribution in [1.29, 1.82) is 0 Å². The minimum absolute atomic E-state index is 0. The predicted molar refractivity (Wildman–Crippen MR) is 132 cm³/mol. The Kier molecular flexibility index (Phi) is 6.23. The number of hydrogen-bond donors (Lipinski definition) is 0. The number of nitrogens with zero attached hydrogens (tertiary/aromatic N) is 7. The number of pyridine rings is 1. The molecule has 4 aromatic heterocycles. The number of rotatable bonds is 2. The van der Waals surface area contributed by atoms with Crippen molar-refractivity contribution in [1.82, 2.24) is 34.1 Å². The summed E-state index contributed by atoms with van der Waals surface area (Å²) in [6.45, 7) is 1.80. The summed E-state index contributed by atoms with van der Waals surface area (Å²) in [7, 11) is 0. The molecule has 173 valence electrons. The predicted octanol–water partition coefficient (Wildman–Crippen LogP) is 5.03. The van der Waals surface area contributed by atoms with E-state index in [-0.39, 0.29) is 20.1 Å².